The molecule has 22 heavy (non-hydrogen) atoms. The van der Waals surface area contributed by atoms with E-state index in [1.54, 1.807) is 12.1 Å². The lowest BCUT2D eigenvalue weighted by molar-refractivity contribution is -0.384. The maximum absolute atomic E-state index is 10.6. The lowest BCUT2D eigenvalue weighted by Gasteiger charge is -2.03. The number of nitro benzene ring substituents is 1. The van der Waals surface area contributed by atoms with E-state index in [9.17, 15) is 10.1 Å². The Labute approximate surface area is 138 Å². The molecule has 0 fully saturated rings. The number of nitrogens with one attached hydrogen (secondary N) is 1. The van der Waals surface area contributed by atoms with Gasteiger partial charge in [-0.05, 0) is 48.9 Å². The van der Waals surface area contributed by atoms with E-state index < -0.39 is 4.92 Å². The van der Waals surface area contributed by atoms with Gasteiger partial charge in [0, 0.05) is 16.6 Å². The molecule has 0 atom stereocenters. The Morgan fingerprint density at radius 2 is 1.64 bits per heavy atom. The standard InChI is InChI=1S/C14H12BrN3O2.C2H6/c1-10(11-2-8-14(9-3-11)18(19)20)16-17-13-6-4-12(15)5-7-13;1-2/h2-9,17H,1H3;1-2H3. The summed E-state index contributed by atoms with van der Waals surface area (Å²) in [5.41, 5.74) is 5.47. The van der Waals surface area contributed by atoms with Gasteiger partial charge in [-0.3, -0.25) is 15.5 Å². The second-order valence-electron chi connectivity index (χ2n) is 4.12. The summed E-state index contributed by atoms with van der Waals surface area (Å²) < 4.78 is 0.999. The summed E-state index contributed by atoms with van der Waals surface area (Å²) in [6, 6.07) is 13.9. The third-order valence-corrected chi connectivity index (χ3v) is 3.22. The lowest BCUT2D eigenvalue weighted by atomic mass is 10.1. The molecule has 5 nitrogen and oxygen atoms in total. The first-order chi connectivity index (χ1) is 10.6. The molecule has 0 spiro atoms. The summed E-state index contributed by atoms with van der Waals surface area (Å²) in [4.78, 5) is 10.2. The van der Waals surface area contributed by atoms with E-state index in [1.807, 2.05) is 45.0 Å². The van der Waals surface area contributed by atoms with Crippen molar-refractivity contribution in [3.63, 3.8) is 0 Å². The molecule has 2 aromatic carbocycles. The van der Waals surface area contributed by atoms with E-state index in [1.165, 1.54) is 12.1 Å². The third-order valence-electron chi connectivity index (χ3n) is 2.69. The Morgan fingerprint density at radius 3 is 2.14 bits per heavy atom. The molecule has 0 aromatic heterocycles. The van der Waals surface area contributed by atoms with Crippen LogP contribution in [0.2, 0.25) is 0 Å². The molecule has 2 rings (SSSR count). The Kier molecular flexibility index (Phi) is 7.25. The van der Waals surface area contributed by atoms with Crippen LogP contribution in [-0.4, -0.2) is 10.6 Å². The van der Waals surface area contributed by atoms with Crippen LogP contribution in [0.25, 0.3) is 0 Å². The van der Waals surface area contributed by atoms with Crippen LogP contribution in [0.5, 0.6) is 0 Å². The zero-order valence-corrected chi connectivity index (χ0v) is 14.3. The van der Waals surface area contributed by atoms with Gasteiger partial charge in [0.25, 0.3) is 5.69 Å². The molecular weight excluding hydrogens is 346 g/mol. The van der Waals surface area contributed by atoms with Crippen molar-refractivity contribution in [2.24, 2.45) is 5.10 Å². The number of hydrogen-bond donors (Lipinski definition) is 1. The minimum atomic E-state index is -0.420. The normalized spacial score (nSPS) is 10.5. The highest BCUT2D eigenvalue weighted by Gasteiger charge is 2.05. The van der Waals surface area contributed by atoms with Crippen LogP contribution >= 0.6 is 15.9 Å². The molecule has 0 amide bonds. The van der Waals surface area contributed by atoms with Gasteiger partial charge in [-0.2, -0.15) is 5.10 Å². The van der Waals surface area contributed by atoms with E-state index in [0.29, 0.717) is 0 Å². The molecule has 0 saturated carbocycles. The molecule has 6 heteroatoms. The SMILES string of the molecule is CC.CC(=NNc1ccc(Br)cc1)c1ccc([N+](=O)[O-])cc1. The Balaban J connectivity index is 0.00000116. The van der Waals surface area contributed by atoms with Gasteiger partial charge in [0.2, 0.25) is 0 Å². The molecule has 0 heterocycles. The number of rotatable bonds is 4. The predicted molar refractivity (Wildman–Crippen MR) is 94.4 cm³/mol. The first kappa shape index (κ1) is 17.8. The van der Waals surface area contributed by atoms with Crippen LogP contribution in [-0.2, 0) is 0 Å². The van der Waals surface area contributed by atoms with E-state index in [4.69, 9.17) is 0 Å². The van der Waals surface area contributed by atoms with Crippen molar-refractivity contribution < 1.29 is 4.92 Å². The molecule has 0 bridgehead atoms. The molecule has 116 valence electrons. The number of non-ortho nitro benzene ring substituents is 1. The van der Waals surface area contributed by atoms with E-state index in [-0.39, 0.29) is 5.69 Å². The topological polar surface area (TPSA) is 67.5 Å². The molecule has 0 aliphatic carbocycles. The van der Waals surface area contributed by atoms with E-state index in [0.717, 1.165) is 21.4 Å². The molecule has 0 unspecified atom stereocenters. The molecule has 0 aliphatic heterocycles. The van der Waals surface area contributed by atoms with Crippen LogP contribution in [0, 0.1) is 10.1 Å². The van der Waals surface area contributed by atoms with Gasteiger partial charge in [0.1, 0.15) is 0 Å². The minimum absolute atomic E-state index is 0.0717. The average molecular weight is 364 g/mol. The Bertz CT molecular complexity index is 637. The number of nitro groups is 1. The van der Waals surface area contributed by atoms with Crippen molar-refractivity contribution in [2.75, 3.05) is 5.43 Å². The number of halogens is 1. The molecular formula is C16H18BrN3O2. The van der Waals surface area contributed by atoms with Gasteiger partial charge in [-0.25, -0.2) is 0 Å². The minimum Gasteiger partial charge on any atom is -0.278 e. The van der Waals surface area contributed by atoms with Crippen molar-refractivity contribution in [1.29, 1.82) is 0 Å². The second-order valence-corrected chi connectivity index (χ2v) is 5.04. The summed E-state index contributed by atoms with van der Waals surface area (Å²) in [6.45, 7) is 5.84. The van der Waals surface area contributed by atoms with E-state index in [2.05, 4.69) is 26.5 Å². The maximum Gasteiger partial charge on any atom is 0.269 e. The van der Waals surface area contributed by atoms with Crippen molar-refractivity contribution in [3.05, 3.63) is 68.7 Å². The lowest BCUT2D eigenvalue weighted by Crippen LogP contribution is -2.00. The van der Waals surface area contributed by atoms with Gasteiger partial charge in [0.05, 0.1) is 16.3 Å². The highest BCUT2D eigenvalue weighted by Crippen LogP contribution is 2.15. The van der Waals surface area contributed by atoms with Crippen LogP contribution in [0.3, 0.4) is 0 Å². The first-order valence-electron chi connectivity index (χ1n) is 6.87. The van der Waals surface area contributed by atoms with E-state index >= 15 is 0 Å². The fourth-order valence-electron chi connectivity index (χ4n) is 1.56. The predicted octanol–water partition coefficient (Wildman–Crippen LogP) is 5.22. The zero-order chi connectivity index (χ0) is 16.5. The van der Waals surface area contributed by atoms with Crippen LogP contribution < -0.4 is 5.43 Å². The number of benzene rings is 2. The fourth-order valence-corrected chi connectivity index (χ4v) is 1.83. The second kappa shape index (κ2) is 8.94. The molecule has 0 radical (unpaired) electrons. The van der Waals surface area contributed by atoms with Gasteiger partial charge < -0.3 is 0 Å². The highest BCUT2D eigenvalue weighted by molar-refractivity contribution is 9.10. The number of nitrogens with zero attached hydrogens (tertiary/aromatic N) is 2. The van der Waals surface area contributed by atoms with Crippen molar-refractivity contribution in [2.45, 2.75) is 20.8 Å². The van der Waals surface area contributed by atoms with Gasteiger partial charge >= 0.3 is 0 Å². The number of hydrogen-bond acceptors (Lipinski definition) is 4. The average Bonchev–Trinajstić information content (AvgIpc) is 2.56. The summed E-state index contributed by atoms with van der Waals surface area (Å²) in [5, 5.41) is 14.8. The third kappa shape index (κ3) is 5.29. The largest absolute Gasteiger partial charge is 0.278 e. The maximum atomic E-state index is 10.6. The summed E-state index contributed by atoms with van der Waals surface area (Å²) in [5.74, 6) is 0. The molecule has 0 aliphatic rings. The van der Waals surface area contributed by atoms with Crippen molar-refractivity contribution in [3.8, 4) is 0 Å². The summed E-state index contributed by atoms with van der Waals surface area (Å²) >= 11 is 3.36. The molecule has 1 N–H and O–H groups in total. The zero-order valence-electron chi connectivity index (χ0n) is 12.7. The molecule has 0 saturated heterocycles. The van der Waals surface area contributed by atoms with Gasteiger partial charge in [-0.15, -0.1) is 0 Å². The van der Waals surface area contributed by atoms with Crippen molar-refractivity contribution >= 4 is 33.0 Å². The summed E-state index contributed by atoms with van der Waals surface area (Å²) in [7, 11) is 0. The Morgan fingerprint density at radius 1 is 1.09 bits per heavy atom. The molecule has 2 aromatic rings. The summed E-state index contributed by atoms with van der Waals surface area (Å²) in [6.07, 6.45) is 0. The quantitative estimate of drug-likeness (QED) is 0.459. The first-order valence-corrected chi connectivity index (χ1v) is 7.66. The van der Waals surface area contributed by atoms with Crippen LogP contribution in [0.15, 0.2) is 58.1 Å². The van der Waals surface area contributed by atoms with Gasteiger partial charge in [-0.1, -0.05) is 29.8 Å². The van der Waals surface area contributed by atoms with Crippen LogP contribution in [0.4, 0.5) is 11.4 Å². The van der Waals surface area contributed by atoms with Crippen molar-refractivity contribution in [1.82, 2.24) is 0 Å². The smallest absolute Gasteiger partial charge is 0.269 e. The monoisotopic (exact) mass is 363 g/mol. The highest BCUT2D eigenvalue weighted by atomic mass is 79.9. The Hall–Kier alpha value is -2.21. The van der Waals surface area contributed by atoms with Crippen LogP contribution in [0.1, 0.15) is 26.3 Å². The number of anilines is 1. The fraction of sp³-hybridized carbons (Fsp3) is 0.188. The number of hydrazone groups is 1. The van der Waals surface area contributed by atoms with Gasteiger partial charge in [0.15, 0.2) is 0 Å².